The number of ether oxygens (including phenoxy) is 2. The number of hydrogen-bond acceptors (Lipinski definition) is 6. The average Bonchev–Trinajstić information content (AvgIpc) is 3.29. The number of aryl methyl sites for hydroxylation is 1. The summed E-state index contributed by atoms with van der Waals surface area (Å²) in [6.45, 7) is -0.382. The van der Waals surface area contributed by atoms with E-state index in [1.54, 1.807) is 25.4 Å². The van der Waals surface area contributed by atoms with Crippen LogP contribution in [-0.4, -0.2) is 42.4 Å². The molecule has 1 atom stereocenters. The summed E-state index contributed by atoms with van der Waals surface area (Å²) in [5.41, 5.74) is -0.0210. The number of methoxy groups -OCH3 is 1. The molecule has 2 aromatic carbocycles. The predicted octanol–water partition coefficient (Wildman–Crippen LogP) is 3.86. The van der Waals surface area contributed by atoms with Crippen molar-refractivity contribution in [3.8, 4) is 22.8 Å². The summed E-state index contributed by atoms with van der Waals surface area (Å²) in [4.78, 5) is 16.2. The van der Waals surface area contributed by atoms with Gasteiger partial charge in [0.2, 0.25) is 5.91 Å². The van der Waals surface area contributed by atoms with Gasteiger partial charge in [-0.1, -0.05) is 6.07 Å². The monoisotopic (exact) mass is 464 g/mol. The van der Waals surface area contributed by atoms with Gasteiger partial charge >= 0.3 is 6.18 Å². The second kappa shape index (κ2) is 10.9. The van der Waals surface area contributed by atoms with Crippen molar-refractivity contribution in [3.05, 3.63) is 66.2 Å². The number of benzene rings is 2. The molecule has 7 nitrogen and oxygen atoms in total. The van der Waals surface area contributed by atoms with Crippen LogP contribution in [0.25, 0.3) is 11.3 Å². The van der Waals surface area contributed by atoms with Crippen LogP contribution in [0.4, 0.5) is 13.2 Å². The highest BCUT2D eigenvalue weighted by molar-refractivity contribution is 5.76. The van der Waals surface area contributed by atoms with Crippen LogP contribution in [0.2, 0.25) is 0 Å². The zero-order valence-corrected chi connectivity index (χ0v) is 17.8. The first kappa shape index (κ1) is 24.1. The van der Waals surface area contributed by atoms with E-state index < -0.39 is 17.8 Å². The van der Waals surface area contributed by atoms with Crippen LogP contribution < -0.4 is 14.8 Å². The van der Waals surface area contributed by atoms with Gasteiger partial charge in [-0.2, -0.15) is 13.2 Å². The first-order valence-electron chi connectivity index (χ1n) is 10.1. The Kier molecular flexibility index (Phi) is 7.94. The van der Waals surface area contributed by atoms with Gasteiger partial charge in [-0.25, -0.2) is 4.98 Å². The topological polar surface area (TPSA) is 93.8 Å². The lowest BCUT2D eigenvalue weighted by Gasteiger charge is -2.14. The first-order valence-corrected chi connectivity index (χ1v) is 10.1. The normalized spacial score (nSPS) is 12.3. The number of nitrogens with zero attached hydrogens (tertiary/aromatic N) is 1. The summed E-state index contributed by atoms with van der Waals surface area (Å²) in [5, 5.41) is 12.5. The number of hydrogen-bond donors (Lipinski definition) is 2. The molecule has 33 heavy (non-hydrogen) atoms. The maximum absolute atomic E-state index is 12.7. The highest BCUT2D eigenvalue weighted by Crippen LogP contribution is 2.31. The molecule has 1 aromatic heterocycles. The number of aliphatic hydroxyl groups excluding tert-OH is 1. The van der Waals surface area contributed by atoms with Crippen molar-refractivity contribution >= 4 is 5.91 Å². The lowest BCUT2D eigenvalue weighted by Crippen LogP contribution is -2.35. The third-order valence-electron chi connectivity index (χ3n) is 4.63. The molecule has 0 aliphatic heterocycles. The lowest BCUT2D eigenvalue weighted by atomic mass is 10.2. The van der Waals surface area contributed by atoms with Gasteiger partial charge in [0, 0.05) is 24.9 Å². The molecule has 3 rings (SSSR count). The van der Waals surface area contributed by atoms with Gasteiger partial charge in [-0.05, 0) is 42.5 Å². The summed E-state index contributed by atoms with van der Waals surface area (Å²) in [6, 6.07) is 11.6. The molecular formula is C23H23F3N2O5. The van der Waals surface area contributed by atoms with E-state index in [9.17, 15) is 23.1 Å². The average molecular weight is 464 g/mol. The second-order valence-electron chi connectivity index (χ2n) is 7.14. The van der Waals surface area contributed by atoms with Gasteiger partial charge in [0.05, 0.1) is 18.9 Å². The molecule has 0 bridgehead atoms. The smallest absolute Gasteiger partial charge is 0.416 e. The van der Waals surface area contributed by atoms with Crippen LogP contribution in [0.3, 0.4) is 0 Å². The number of aromatic nitrogens is 1. The Hall–Kier alpha value is -3.53. The van der Waals surface area contributed by atoms with Crippen LogP contribution in [0, 0.1) is 0 Å². The van der Waals surface area contributed by atoms with Crippen LogP contribution in [0.1, 0.15) is 17.9 Å². The molecule has 1 unspecified atom stereocenters. The zero-order chi connectivity index (χ0) is 23.8. The Balaban J connectivity index is 1.39. The number of aliphatic hydroxyl groups is 1. The predicted molar refractivity (Wildman–Crippen MR) is 113 cm³/mol. The van der Waals surface area contributed by atoms with Crippen LogP contribution >= 0.6 is 0 Å². The van der Waals surface area contributed by atoms with E-state index in [2.05, 4.69) is 10.3 Å². The maximum Gasteiger partial charge on any atom is 0.416 e. The van der Waals surface area contributed by atoms with Crippen LogP contribution in [0.5, 0.6) is 11.5 Å². The van der Waals surface area contributed by atoms with Gasteiger partial charge in [-0.15, -0.1) is 0 Å². The van der Waals surface area contributed by atoms with Crippen LogP contribution in [-0.2, 0) is 17.4 Å². The number of alkyl halides is 3. The highest BCUT2D eigenvalue weighted by Gasteiger charge is 2.30. The number of oxazole rings is 1. The van der Waals surface area contributed by atoms with E-state index in [-0.39, 0.29) is 37.6 Å². The quantitative estimate of drug-likeness (QED) is 0.473. The van der Waals surface area contributed by atoms with E-state index in [4.69, 9.17) is 13.9 Å². The molecule has 0 spiro atoms. The van der Waals surface area contributed by atoms with Gasteiger partial charge in [0.1, 0.15) is 24.2 Å². The fraction of sp³-hybridized carbons (Fsp3) is 0.304. The fourth-order valence-electron chi connectivity index (χ4n) is 2.87. The number of carbonyl (C=O) groups is 1. The van der Waals surface area contributed by atoms with Crippen molar-refractivity contribution in [2.75, 3.05) is 20.3 Å². The fourth-order valence-corrected chi connectivity index (χ4v) is 2.87. The maximum atomic E-state index is 12.7. The molecule has 0 fully saturated rings. The molecule has 0 saturated carbocycles. The molecule has 1 heterocycles. The Labute approximate surface area is 188 Å². The number of amides is 1. The summed E-state index contributed by atoms with van der Waals surface area (Å²) in [6.07, 6.45) is -3.65. The molecule has 1 amide bonds. The molecule has 10 heteroatoms. The molecule has 3 aromatic rings. The largest absolute Gasteiger partial charge is 0.497 e. The third-order valence-corrected chi connectivity index (χ3v) is 4.63. The van der Waals surface area contributed by atoms with Crippen molar-refractivity contribution in [2.45, 2.75) is 25.1 Å². The molecule has 0 aliphatic carbocycles. The Morgan fingerprint density at radius 1 is 1.18 bits per heavy atom. The lowest BCUT2D eigenvalue weighted by molar-refractivity contribution is -0.137. The molecule has 2 N–H and O–H groups in total. The van der Waals surface area contributed by atoms with E-state index in [0.717, 1.165) is 23.4 Å². The second-order valence-corrected chi connectivity index (χ2v) is 7.14. The summed E-state index contributed by atoms with van der Waals surface area (Å²) < 4.78 is 54.1. The van der Waals surface area contributed by atoms with Crippen molar-refractivity contribution in [2.24, 2.45) is 0 Å². The molecular weight excluding hydrogens is 441 g/mol. The Bertz CT molecular complexity index is 1050. The third kappa shape index (κ3) is 7.25. The standard InChI is InChI=1S/C23H23F3N2O5/c1-31-18-7-5-15(6-8-18)20-13-28-22(33-20)10-9-21(30)27-12-17(29)14-32-19-4-2-3-16(11-19)23(24,25)26/h2-8,11,13,17,29H,9-10,12,14H2,1H3,(H,27,30). The molecule has 176 valence electrons. The molecule has 0 radical (unpaired) electrons. The summed E-state index contributed by atoms with van der Waals surface area (Å²) >= 11 is 0. The number of carbonyl (C=O) groups excluding carboxylic acids is 1. The molecule has 0 aliphatic rings. The van der Waals surface area contributed by atoms with Crippen LogP contribution in [0.15, 0.2) is 59.1 Å². The minimum atomic E-state index is -4.48. The van der Waals surface area contributed by atoms with E-state index in [1.165, 1.54) is 12.1 Å². The molecule has 0 saturated heterocycles. The van der Waals surface area contributed by atoms with Gasteiger partial charge in [0.25, 0.3) is 0 Å². The van der Waals surface area contributed by atoms with Gasteiger partial charge in [0.15, 0.2) is 11.7 Å². The van der Waals surface area contributed by atoms with Crippen molar-refractivity contribution in [1.29, 1.82) is 0 Å². The zero-order valence-electron chi connectivity index (χ0n) is 17.8. The number of nitrogens with one attached hydrogen (secondary N) is 1. The number of halogens is 3. The minimum Gasteiger partial charge on any atom is -0.497 e. The summed E-state index contributed by atoms with van der Waals surface area (Å²) in [7, 11) is 1.58. The Morgan fingerprint density at radius 3 is 2.64 bits per heavy atom. The van der Waals surface area contributed by atoms with Gasteiger partial charge in [-0.3, -0.25) is 4.79 Å². The van der Waals surface area contributed by atoms with E-state index in [1.807, 2.05) is 12.1 Å². The highest BCUT2D eigenvalue weighted by atomic mass is 19.4. The van der Waals surface area contributed by atoms with Crippen molar-refractivity contribution in [1.82, 2.24) is 10.3 Å². The minimum absolute atomic E-state index is 0.0215. The van der Waals surface area contributed by atoms with E-state index >= 15 is 0 Å². The summed E-state index contributed by atoms with van der Waals surface area (Å²) in [5.74, 6) is 1.32. The number of rotatable bonds is 10. The first-order chi connectivity index (χ1) is 15.7. The Morgan fingerprint density at radius 2 is 1.94 bits per heavy atom. The SMILES string of the molecule is COc1ccc(-c2cnc(CCC(=O)NCC(O)COc3cccc(C(F)(F)F)c3)o2)cc1. The van der Waals surface area contributed by atoms with Gasteiger partial charge < -0.3 is 24.3 Å². The van der Waals surface area contributed by atoms with E-state index in [0.29, 0.717) is 11.7 Å². The van der Waals surface area contributed by atoms with Crippen molar-refractivity contribution < 1.29 is 37.0 Å². The van der Waals surface area contributed by atoms with Crippen molar-refractivity contribution in [3.63, 3.8) is 0 Å².